The second-order valence-corrected chi connectivity index (χ2v) is 7.22. The number of hydrazone groups is 1. The highest BCUT2D eigenvalue weighted by Gasteiger charge is 2.12. The molecule has 0 bridgehead atoms. The van der Waals surface area contributed by atoms with Crippen LogP contribution in [-0.4, -0.2) is 18.7 Å². The minimum Gasteiger partial charge on any atom is -0.490 e. The number of amides is 1. The first-order valence-electron chi connectivity index (χ1n) is 9.36. The summed E-state index contributed by atoms with van der Waals surface area (Å²) in [6, 6.07) is 19.8. The number of hydrogen-bond acceptors (Lipinski definition) is 5. The van der Waals surface area contributed by atoms with E-state index in [-0.39, 0.29) is 6.42 Å². The zero-order valence-corrected chi connectivity index (χ0v) is 18.0. The molecule has 0 fully saturated rings. The van der Waals surface area contributed by atoms with Crippen molar-refractivity contribution in [2.24, 2.45) is 5.10 Å². The van der Waals surface area contributed by atoms with E-state index in [1.807, 2.05) is 31.2 Å². The van der Waals surface area contributed by atoms with Gasteiger partial charge in [-0.3, -0.25) is 4.79 Å². The lowest BCUT2D eigenvalue weighted by Gasteiger charge is -2.15. The summed E-state index contributed by atoms with van der Waals surface area (Å²) in [4.78, 5) is 11.3. The summed E-state index contributed by atoms with van der Waals surface area (Å²) in [5.74, 6) is 0.696. The van der Waals surface area contributed by atoms with Gasteiger partial charge < -0.3 is 9.47 Å². The molecule has 0 radical (unpaired) electrons. The molecule has 1 N–H and O–H groups in total. The number of nitrogens with one attached hydrogen (secondary N) is 1. The van der Waals surface area contributed by atoms with Crippen molar-refractivity contribution in [3.8, 4) is 17.6 Å². The highest BCUT2D eigenvalue weighted by Crippen LogP contribution is 2.37. The molecule has 3 aromatic rings. The number of carbonyl (C=O) groups is 1. The summed E-state index contributed by atoms with van der Waals surface area (Å²) in [5.41, 5.74) is 4.06. The molecule has 0 saturated heterocycles. The Morgan fingerprint density at radius 1 is 1.17 bits per heavy atom. The predicted molar refractivity (Wildman–Crippen MR) is 120 cm³/mol. The number of rotatable bonds is 8. The molecule has 0 spiro atoms. The third kappa shape index (κ3) is 5.58. The molecular weight excluding hydrogens is 446 g/mol. The van der Waals surface area contributed by atoms with Gasteiger partial charge in [0, 0.05) is 0 Å². The van der Waals surface area contributed by atoms with Crippen molar-refractivity contribution in [3.05, 3.63) is 70.2 Å². The SMILES string of the molecule is CCOc1cc(/C=N\NC(=O)CC#N)cc(Br)c1OCc1ccc2ccccc2c1. The average Bonchev–Trinajstić information content (AvgIpc) is 2.73. The number of carbonyl (C=O) groups excluding carboxylic acids is 1. The van der Waals surface area contributed by atoms with E-state index in [9.17, 15) is 4.79 Å². The summed E-state index contributed by atoms with van der Waals surface area (Å²) in [6.07, 6.45) is 1.24. The fourth-order valence-corrected chi connectivity index (χ4v) is 3.41. The lowest BCUT2D eigenvalue weighted by Crippen LogP contribution is -2.16. The second kappa shape index (κ2) is 10.4. The van der Waals surface area contributed by atoms with Gasteiger partial charge in [-0.25, -0.2) is 5.43 Å². The predicted octanol–water partition coefficient (Wildman–Crippen LogP) is 4.94. The van der Waals surface area contributed by atoms with Crippen LogP contribution in [-0.2, 0) is 11.4 Å². The number of hydrogen-bond donors (Lipinski definition) is 1. The van der Waals surface area contributed by atoms with Crippen LogP contribution in [0.3, 0.4) is 0 Å². The van der Waals surface area contributed by atoms with Crippen molar-refractivity contribution in [3.63, 3.8) is 0 Å². The number of fused-ring (bicyclic) bond motifs is 1. The molecule has 1 amide bonds. The van der Waals surface area contributed by atoms with E-state index in [0.717, 1.165) is 10.9 Å². The first kappa shape index (κ1) is 21.3. The first-order chi connectivity index (χ1) is 14.6. The zero-order valence-electron chi connectivity index (χ0n) is 16.4. The van der Waals surface area contributed by atoms with Crippen LogP contribution in [0.1, 0.15) is 24.5 Å². The summed E-state index contributed by atoms with van der Waals surface area (Å²) >= 11 is 3.53. The Labute approximate surface area is 183 Å². The highest BCUT2D eigenvalue weighted by atomic mass is 79.9. The molecule has 3 aromatic carbocycles. The smallest absolute Gasteiger partial charge is 0.254 e. The summed E-state index contributed by atoms with van der Waals surface area (Å²) in [5, 5.41) is 14.7. The average molecular weight is 466 g/mol. The van der Waals surface area contributed by atoms with Gasteiger partial charge in [0.25, 0.3) is 5.91 Å². The van der Waals surface area contributed by atoms with Gasteiger partial charge in [0.2, 0.25) is 0 Å². The normalized spacial score (nSPS) is 10.7. The summed E-state index contributed by atoms with van der Waals surface area (Å²) in [7, 11) is 0. The molecular formula is C23H20BrN3O3. The number of nitrogens with zero attached hydrogens (tertiary/aromatic N) is 2. The fourth-order valence-electron chi connectivity index (χ4n) is 2.84. The monoisotopic (exact) mass is 465 g/mol. The van der Waals surface area contributed by atoms with Crippen molar-refractivity contribution in [2.75, 3.05) is 6.61 Å². The Hall–Kier alpha value is -3.37. The number of nitriles is 1. The van der Waals surface area contributed by atoms with E-state index in [0.29, 0.717) is 34.7 Å². The maximum absolute atomic E-state index is 11.3. The highest BCUT2D eigenvalue weighted by molar-refractivity contribution is 9.10. The second-order valence-electron chi connectivity index (χ2n) is 6.36. The maximum Gasteiger partial charge on any atom is 0.254 e. The molecule has 0 aliphatic heterocycles. The van der Waals surface area contributed by atoms with E-state index in [2.05, 4.69) is 50.7 Å². The molecule has 0 aromatic heterocycles. The van der Waals surface area contributed by atoms with Gasteiger partial charge in [0.05, 0.1) is 23.4 Å². The van der Waals surface area contributed by atoms with Gasteiger partial charge in [0.1, 0.15) is 13.0 Å². The van der Waals surface area contributed by atoms with Crippen molar-refractivity contribution >= 4 is 38.8 Å². The molecule has 152 valence electrons. The van der Waals surface area contributed by atoms with Crippen LogP contribution < -0.4 is 14.9 Å². The lowest BCUT2D eigenvalue weighted by molar-refractivity contribution is -0.120. The van der Waals surface area contributed by atoms with Crippen molar-refractivity contribution < 1.29 is 14.3 Å². The van der Waals surface area contributed by atoms with Crippen LogP contribution >= 0.6 is 15.9 Å². The Bertz CT molecular complexity index is 1120. The fraction of sp³-hybridized carbons (Fsp3) is 0.174. The van der Waals surface area contributed by atoms with Crippen LogP contribution in [0.5, 0.6) is 11.5 Å². The number of halogens is 1. The zero-order chi connectivity index (χ0) is 21.3. The molecule has 30 heavy (non-hydrogen) atoms. The molecule has 0 aliphatic rings. The largest absolute Gasteiger partial charge is 0.490 e. The van der Waals surface area contributed by atoms with E-state index < -0.39 is 5.91 Å². The molecule has 7 heteroatoms. The number of benzene rings is 3. The van der Waals surface area contributed by atoms with E-state index >= 15 is 0 Å². The molecule has 3 rings (SSSR count). The lowest BCUT2D eigenvalue weighted by atomic mass is 10.1. The molecule has 0 saturated carbocycles. The van der Waals surface area contributed by atoms with E-state index in [4.69, 9.17) is 14.7 Å². The quantitative estimate of drug-likeness (QED) is 0.377. The van der Waals surface area contributed by atoms with Crippen LogP contribution in [0.15, 0.2) is 64.2 Å². The van der Waals surface area contributed by atoms with E-state index in [1.54, 1.807) is 12.1 Å². The van der Waals surface area contributed by atoms with Crippen molar-refractivity contribution in [1.29, 1.82) is 5.26 Å². The van der Waals surface area contributed by atoms with Crippen LogP contribution in [0, 0.1) is 11.3 Å². The Morgan fingerprint density at radius 2 is 1.97 bits per heavy atom. The van der Waals surface area contributed by atoms with Gasteiger partial charge in [-0.2, -0.15) is 10.4 Å². The summed E-state index contributed by atoms with van der Waals surface area (Å²) < 4.78 is 12.5. The first-order valence-corrected chi connectivity index (χ1v) is 10.2. The molecule has 6 nitrogen and oxygen atoms in total. The van der Waals surface area contributed by atoms with Gasteiger partial charge in [-0.05, 0) is 63.0 Å². The Balaban J connectivity index is 1.76. The third-order valence-electron chi connectivity index (χ3n) is 4.17. The summed E-state index contributed by atoms with van der Waals surface area (Å²) in [6.45, 7) is 2.75. The molecule has 0 atom stereocenters. The Morgan fingerprint density at radius 3 is 2.73 bits per heavy atom. The van der Waals surface area contributed by atoms with Crippen molar-refractivity contribution in [2.45, 2.75) is 20.0 Å². The van der Waals surface area contributed by atoms with Crippen LogP contribution in [0.25, 0.3) is 10.8 Å². The topological polar surface area (TPSA) is 83.7 Å². The van der Waals surface area contributed by atoms with Crippen LogP contribution in [0.2, 0.25) is 0 Å². The molecule has 0 aliphatic carbocycles. The van der Waals surface area contributed by atoms with Gasteiger partial charge in [-0.15, -0.1) is 0 Å². The maximum atomic E-state index is 11.3. The standard InChI is InChI=1S/C23H20BrN3O3/c1-2-29-21-13-17(14-26-27-22(28)9-10-25)12-20(24)23(21)30-15-16-7-8-18-5-3-4-6-19(18)11-16/h3-8,11-14H,2,9,15H2,1H3,(H,27,28)/b26-14-. The van der Waals surface area contributed by atoms with Gasteiger partial charge in [-0.1, -0.05) is 36.4 Å². The third-order valence-corrected chi connectivity index (χ3v) is 4.76. The Kier molecular flexibility index (Phi) is 7.41. The van der Waals surface area contributed by atoms with Crippen molar-refractivity contribution in [1.82, 2.24) is 5.43 Å². The molecule has 0 heterocycles. The minimum atomic E-state index is -0.465. The van der Waals surface area contributed by atoms with Gasteiger partial charge in [0.15, 0.2) is 11.5 Å². The van der Waals surface area contributed by atoms with Gasteiger partial charge >= 0.3 is 0 Å². The molecule has 0 unspecified atom stereocenters. The number of ether oxygens (including phenoxy) is 2. The minimum absolute atomic E-state index is 0.243. The van der Waals surface area contributed by atoms with Crippen LogP contribution in [0.4, 0.5) is 0 Å². The van der Waals surface area contributed by atoms with E-state index in [1.165, 1.54) is 11.6 Å².